The monoisotopic (exact) mass is 432 g/mol. The van der Waals surface area contributed by atoms with Crippen molar-refractivity contribution in [3.8, 4) is 0 Å². The molecule has 0 bridgehead atoms. The number of nitrogens with one attached hydrogen (secondary N) is 1. The van der Waals surface area contributed by atoms with E-state index in [-0.39, 0.29) is 10.8 Å². The van der Waals surface area contributed by atoms with Crippen LogP contribution in [0.2, 0.25) is 5.02 Å². The summed E-state index contributed by atoms with van der Waals surface area (Å²) in [4.78, 5) is 5.93. The molecule has 0 aliphatic carbocycles. The summed E-state index contributed by atoms with van der Waals surface area (Å²) in [6.07, 6.45) is -2.23. The number of aromatic nitrogens is 1. The zero-order chi connectivity index (χ0) is 21.6. The van der Waals surface area contributed by atoms with Crippen molar-refractivity contribution in [1.82, 2.24) is 4.98 Å². The van der Waals surface area contributed by atoms with E-state index >= 15 is 0 Å². The lowest BCUT2D eigenvalue weighted by Crippen LogP contribution is -2.21. The van der Waals surface area contributed by atoms with Gasteiger partial charge in [0.25, 0.3) is 0 Å². The van der Waals surface area contributed by atoms with E-state index in [9.17, 15) is 13.2 Å². The van der Waals surface area contributed by atoms with Crippen LogP contribution in [-0.2, 0) is 12.7 Å². The zero-order valence-corrected chi connectivity index (χ0v) is 17.0. The van der Waals surface area contributed by atoms with E-state index in [2.05, 4.69) is 39.5 Å². The molecular formula is C22H20ClF3N4. The van der Waals surface area contributed by atoms with E-state index in [1.807, 2.05) is 42.5 Å². The Balaban J connectivity index is 1.63. The van der Waals surface area contributed by atoms with Gasteiger partial charge in [-0.2, -0.15) is 18.3 Å². The van der Waals surface area contributed by atoms with Crippen LogP contribution < -0.4 is 10.3 Å². The van der Waals surface area contributed by atoms with Crippen LogP contribution in [0.25, 0.3) is 0 Å². The zero-order valence-electron chi connectivity index (χ0n) is 16.2. The van der Waals surface area contributed by atoms with Gasteiger partial charge in [0.2, 0.25) is 0 Å². The summed E-state index contributed by atoms with van der Waals surface area (Å²) in [7, 11) is 0. The smallest absolute Gasteiger partial charge is 0.367 e. The van der Waals surface area contributed by atoms with Crippen LogP contribution in [0.15, 0.2) is 72.0 Å². The van der Waals surface area contributed by atoms with E-state index < -0.39 is 11.7 Å². The molecule has 0 radical (unpaired) electrons. The Morgan fingerprint density at radius 1 is 1.10 bits per heavy atom. The van der Waals surface area contributed by atoms with Crippen molar-refractivity contribution >= 4 is 29.3 Å². The van der Waals surface area contributed by atoms with Crippen molar-refractivity contribution in [3.63, 3.8) is 0 Å². The minimum atomic E-state index is -4.49. The van der Waals surface area contributed by atoms with Gasteiger partial charge in [0.1, 0.15) is 0 Å². The number of anilines is 2. The molecule has 0 aliphatic heterocycles. The Kier molecular flexibility index (Phi) is 6.95. The third kappa shape index (κ3) is 5.73. The highest BCUT2D eigenvalue weighted by Gasteiger charge is 2.31. The Bertz CT molecular complexity index is 990. The summed E-state index contributed by atoms with van der Waals surface area (Å²) in [5.41, 5.74) is 4.80. The number of alkyl halides is 3. The molecule has 3 rings (SSSR count). The molecule has 0 atom stereocenters. The normalized spacial score (nSPS) is 11.6. The maximum Gasteiger partial charge on any atom is 0.417 e. The summed E-state index contributed by atoms with van der Waals surface area (Å²) < 4.78 is 38.0. The molecule has 0 amide bonds. The summed E-state index contributed by atoms with van der Waals surface area (Å²) >= 11 is 5.85. The van der Waals surface area contributed by atoms with Crippen molar-refractivity contribution in [2.45, 2.75) is 19.6 Å². The minimum absolute atomic E-state index is 0.0533. The van der Waals surface area contributed by atoms with Crippen molar-refractivity contribution in [2.75, 3.05) is 16.9 Å². The van der Waals surface area contributed by atoms with Gasteiger partial charge < -0.3 is 4.90 Å². The molecule has 0 saturated heterocycles. The quantitative estimate of drug-likeness (QED) is 0.355. The van der Waals surface area contributed by atoms with E-state index in [0.717, 1.165) is 30.4 Å². The van der Waals surface area contributed by atoms with Gasteiger partial charge >= 0.3 is 6.18 Å². The molecule has 0 fully saturated rings. The fourth-order valence-corrected chi connectivity index (χ4v) is 3.01. The molecule has 1 aromatic heterocycles. The number of halogens is 4. The van der Waals surface area contributed by atoms with E-state index in [1.165, 1.54) is 5.56 Å². The first-order valence-corrected chi connectivity index (χ1v) is 9.65. The number of rotatable bonds is 7. The molecule has 8 heteroatoms. The van der Waals surface area contributed by atoms with Gasteiger partial charge in [-0.3, -0.25) is 5.43 Å². The van der Waals surface area contributed by atoms with Gasteiger partial charge in [-0.1, -0.05) is 54.1 Å². The second kappa shape index (κ2) is 9.63. The highest BCUT2D eigenvalue weighted by atomic mass is 35.5. The second-order valence-corrected chi connectivity index (χ2v) is 6.92. The summed E-state index contributed by atoms with van der Waals surface area (Å²) in [6.45, 7) is 3.77. The van der Waals surface area contributed by atoms with Crippen molar-refractivity contribution < 1.29 is 13.2 Å². The molecule has 1 heterocycles. The predicted molar refractivity (Wildman–Crippen MR) is 115 cm³/mol. The van der Waals surface area contributed by atoms with Crippen molar-refractivity contribution in [1.29, 1.82) is 0 Å². The van der Waals surface area contributed by atoms with Crippen LogP contribution in [0.1, 0.15) is 23.6 Å². The molecular weight excluding hydrogens is 413 g/mol. The molecule has 2 aromatic carbocycles. The number of hydrogen-bond acceptors (Lipinski definition) is 4. The first-order chi connectivity index (χ1) is 14.4. The highest BCUT2D eigenvalue weighted by Crippen LogP contribution is 2.32. The van der Waals surface area contributed by atoms with Crippen molar-refractivity contribution in [2.24, 2.45) is 5.10 Å². The molecule has 0 saturated carbocycles. The molecule has 30 heavy (non-hydrogen) atoms. The van der Waals surface area contributed by atoms with Gasteiger partial charge in [-0.25, -0.2) is 4.98 Å². The van der Waals surface area contributed by atoms with E-state index in [1.54, 1.807) is 6.21 Å². The fraction of sp³-hybridized carbons (Fsp3) is 0.182. The third-order valence-electron chi connectivity index (χ3n) is 4.41. The summed E-state index contributed by atoms with van der Waals surface area (Å²) in [5, 5.41) is 3.85. The average molecular weight is 433 g/mol. The van der Waals surface area contributed by atoms with Crippen LogP contribution in [0.4, 0.5) is 24.7 Å². The van der Waals surface area contributed by atoms with Gasteiger partial charge in [-0.15, -0.1) is 0 Å². The summed E-state index contributed by atoms with van der Waals surface area (Å²) in [5.74, 6) is 0.0533. The van der Waals surface area contributed by atoms with Crippen LogP contribution >= 0.6 is 11.6 Å². The third-order valence-corrected chi connectivity index (χ3v) is 4.70. The number of hydrazone groups is 1. The highest BCUT2D eigenvalue weighted by molar-refractivity contribution is 6.32. The van der Waals surface area contributed by atoms with Gasteiger partial charge in [0, 0.05) is 25.0 Å². The molecule has 156 valence electrons. The first kappa shape index (κ1) is 21.6. The van der Waals surface area contributed by atoms with E-state index in [0.29, 0.717) is 6.20 Å². The standard InChI is InChI=1S/C22H20ClF3N4/c1-2-30(15-17-6-4-3-5-7-17)19-10-8-16(9-11-19)13-28-29-21-20(23)12-18(14-27-21)22(24,25)26/h3-14H,2,15H2,1H3,(H,27,29)/b28-13+. The number of pyridine rings is 1. The number of benzene rings is 2. The average Bonchev–Trinajstić information content (AvgIpc) is 2.74. The minimum Gasteiger partial charge on any atom is -0.367 e. The molecule has 4 nitrogen and oxygen atoms in total. The Labute approximate surface area is 178 Å². The van der Waals surface area contributed by atoms with Gasteiger partial charge in [0.15, 0.2) is 5.82 Å². The van der Waals surface area contributed by atoms with Crippen LogP contribution in [-0.4, -0.2) is 17.7 Å². The number of nitrogens with zero attached hydrogens (tertiary/aromatic N) is 3. The van der Waals surface area contributed by atoms with Crippen molar-refractivity contribution in [3.05, 3.63) is 88.6 Å². The number of hydrogen-bond donors (Lipinski definition) is 1. The SMILES string of the molecule is CCN(Cc1ccccc1)c1ccc(/C=N/Nc2ncc(C(F)(F)F)cc2Cl)cc1. The van der Waals surface area contributed by atoms with Gasteiger partial charge in [-0.05, 0) is 36.2 Å². The van der Waals surface area contributed by atoms with Crippen LogP contribution in [0.3, 0.4) is 0 Å². The molecule has 1 N–H and O–H groups in total. The summed E-state index contributed by atoms with van der Waals surface area (Å²) in [6, 6.07) is 18.9. The first-order valence-electron chi connectivity index (χ1n) is 9.27. The predicted octanol–water partition coefficient (Wildman–Crippen LogP) is 6.23. The molecule has 0 aliphatic rings. The Morgan fingerprint density at radius 2 is 1.80 bits per heavy atom. The topological polar surface area (TPSA) is 40.5 Å². The second-order valence-electron chi connectivity index (χ2n) is 6.51. The molecule has 3 aromatic rings. The van der Waals surface area contributed by atoms with Crippen LogP contribution in [0.5, 0.6) is 0 Å². The lowest BCUT2D eigenvalue weighted by atomic mass is 10.1. The molecule has 0 spiro atoms. The fourth-order valence-electron chi connectivity index (χ4n) is 2.80. The maximum absolute atomic E-state index is 12.7. The Morgan fingerprint density at radius 3 is 2.40 bits per heavy atom. The Hall–Kier alpha value is -3.06. The van der Waals surface area contributed by atoms with Gasteiger partial charge in [0.05, 0.1) is 16.8 Å². The largest absolute Gasteiger partial charge is 0.417 e. The van der Waals surface area contributed by atoms with E-state index in [4.69, 9.17) is 11.6 Å². The lowest BCUT2D eigenvalue weighted by Gasteiger charge is -2.23. The lowest BCUT2D eigenvalue weighted by molar-refractivity contribution is -0.137. The van der Waals surface area contributed by atoms with Crippen LogP contribution in [0, 0.1) is 0 Å². The molecule has 0 unspecified atom stereocenters. The maximum atomic E-state index is 12.7.